The molecule has 0 amide bonds. The fourth-order valence-electron chi connectivity index (χ4n) is 3.97. The molecule has 0 heterocycles. The number of phenolic OH excluding ortho intramolecular Hbond substituents is 2. The first kappa shape index (κ1) is 27.9. The number of phenols is 2. The van der Waals surface area contributed by atoms with Gasteiger partial charge in [-0.05, 0) is 53.1 Å². The number of aromatic hydroxyl groups is 2. The number of methoxy groups -OCH3 is 3. The van der Waals surface area contributed by atoms with Crippen LogP contribution in [0.2, 0.25) is 0 Å². The third-order valence-electron chi connectivity index (χ3n) is 6.09. The van der Waals surface area contributed by atoms with Crippen LogP contribution < -0.4 is 18.9 Å². The van der Waals surface area contributed by atoms with Crippen LogP contribution in [0.15, 0.2) is 54.6 Å². The van der Waals surface area contributed by atoms with Crippen LogP contribution in [-0.2, 0) is 0 Å². The molecule has 3 aromatic carbocycles. The Morgan fingerprint density at radius 1 is 0.595 bits per heavy atom. The number of hydrogen-bond acceptors (Lipinski definition) is 10. The number of hydrogen-bond donors (Lipinski definition) is 6. The molecule has 3 rings (SSSR count). The lowest BCUT2D eigenvalue weighted by Gasteiger charge is -2.26. The largest absolute Gasteiger partial charge is 0.504 e. The van der Waals surface area contributed by atoms with Gasteiger partial charge in [-0.15, -0.1) is 0 Å². The lowest BCUT2D eigenvalue weighted by Crippen LogP contribution is -2.29. The molecule has 0 aromatic heterocycles. The van der Waals surface area contributed by atoms with Crippen molar-refractivity contribution in [2.75, 3.05) is 34.5 Å². The highest BCUT2D eigenvalue weighted by Crippen LogP contribution is 2.39. The van der Waals surface area contributed by atoms with Gasteiger partial charge in [0.15, 0.2) is 40.6 Å². The molecule has 0 fully saturated rings. The van der Waals surface area contributed by atoms with Gasteiger partial charge in [0.05, 0.1) is 40.6 Å². The van der Waals surface area contributed by atoms with Crippen molar-refractivity contribution in [2.45, 2.75) is 24.2 Å². The van der Waals surface area contributed by atoms with Crippen molar-refractivity contribution in [3.05, 3.63) is 71.3 Å². The van der Waals surface area contributed by atoms with E-state index in [-0.39, 0.29) is 41.1 Å². The van der Waals surface area contributed by atoms with Crippen molar-refractivity contribution >= 4 is 0 Å². The first-order valence-corrected chi connectivity index (χ1v) is 11.4. The van der Waals surface area contributed by atoms with Crippen molar-refractivity contribution < 1.29 is 49.6 Å². The average Bonchev–Trinajstić information content (AvgIpc) is 2.92. The predicted octanol–water partition coefficient (Wildman–Crippen LogP) is 2.41. The van der Waals surface area contributed by atoms with Gasteiger partial charge >= 0.3 is 0 Å². The minimum absolute atomic E-state index is 0.0630. The van der Waals surface area contributed by atoms with Crippen LogP contribution in [0, 0.1) is 0 Å². The van der Waals surface area contributed by atoms with E-state index in [0.29, 0.717) is 16.7 Å². The van der Waals surface area contributed by atoms with E-state index in [1.807, 2.05) is 0 Å². The molecule has 0 saturated carbocycles. The zero-order valence-electron chi connectivity index (χ0n) is 20.7. The monoisotopic (exact) mass is 516 g/mol. The Hall–Kier alpha value is -3.70. The maximum atomic E-state index is 11.0. The van der Waals surface area contributed by atoms with Crippen molar-refractivity contribution in [3.63, 3.8) is 0 Å². The second-order valence-electron chi connectivity index (χ2n) is 8.29. The zero-order valence-corrected chi connectivity index (χ0v) is 20.7. The van der Waals surface area contributed by atoms with Gasteiger partial charge in [-0.25, -0.2) is 0 Å². The smallest absolute Gasteiger partial charge is 0.161 e. The molecule has 0 aliphatic rings. The molecular formula is C27H32O10. The van der Waals surface area contributed by atoms with Crippen molar-refractivity contribution in [1.29, 1.82) is 0 Å². The highest BCUT2D eigenvalue weighted by Gasteiger charge is 2.27. The predicted molar refractivity (Wildman–Crippen MR) is 134 cm³/mol. The highest BCUT2D eigenvalue weighted by molar-refractivity contribution is 5.47. The minimum atomic E-state index is -1.27. The standard InChI is InChI=1S/C27H32O10/c1-34-22-10-15(4-7-19(22)30)18(13-28)26(32)16-6-9-21(24(12-16)36-3)37-25(14-29)27(33)17-5-8-20(31)23(11-17)35-2/h4-12,18,25-33H,13-14H2,1-3H3. The Labute approximate surface area is 214 Å². The van der Waals surface area contributed by atoms with E-state index >= 15 is 0 Å². The van der Waals surface area contributed by atoms with Gasteiger partial charge in [-0.3, -0.25) is 0 Å². The summed E-state index contributed by atoms with van der Waals surface area (Å²) in [7, 11) is 4.19. The number of ether oxygens (including phenoxy) is 4. The summed E-state index contributed by atoms with van der Waals surface area (Å²) >= 11 is 0. The van der Waals surface area contributed by atoms with E-state index in [1.165, 1.54) is 57.7 Å². The first-order valence-electron chi connectivity index (χ1n) is 11.4. The molecule has 3 aromatic rings. The summed E-state index contributed by atoms with van der Waals surface area (Å²) < 4.78 is 21.5. The van der Waals surface area contributed by atoms with Crippen molar-refractivity contribution in [2.24, 2.45) is 0 Å². The second-order valence-corrected chi connectivity index (χ2v) is 8.29. The van der Waals surface area contributed by atoms with E-state index in [4.69, 9.17) is 18.9 Å². The van der Waals surface area contributed by atoms with E-state index < -0.39 is 30.8 Å². The summed E-state index contributed by atoms with van der Waals surface area (Å²) in [4.78, 5) is 0. The molecule has 0 aliphatic carbocycles. The van der Waals surface area contributed by atoms with Gasteiger partial charge < -0.3 is 49.6 Å². The van der Waals surface area contributed by atoms with Gasteiger partial charge in [0.1, 0.15) is 6.10 Å². The van der Waals surface area contributed by atoms with Crippen LogP contribution in [-0.4, -0.2) is 71.3 Å². The molecule has 0 spiro atoms. The summed E-state index contributed by atoms with van der Waals surface area (Å²) in [6, 6.07) is 13.5. The average molecular weight is 517 g/mol. The van der Waals surface area contributed by atoms with Crippen LogP contribution in [0.3, 0.4) is 0 Å². The Morgan fingerprint density at radius 2 is 1.08 bits per heavy atom. The van der Waals surface area contributed by atoms with E-state index in [2.05, 4.69) is 0 Å². The van der Waals surface area contributed by atoms with Gasteiger partial charge in [-0.1, -0.05) is 18.2 Å². The number of aliphatic hydroxyl groups excluding tert-OH is 4. The molecule has 0 aliphatic heterocycles. The molecule has 0 saturated heterocycles. The first-order chi connectivity index (χ1) is 17.8. The van der Waals surface area contributed by atoms with E-state index in [0.717, 1.165) is 0 Å². The Kier molecular flexibility index (Phi) is 9.42. The maximum Gasteiger partial charge on any atom is 0.161 e. The van der Waals surface area contributed by atoms with Crippen molar-refractivity contribution in [3.8, 4) is 34.5 Å². The lowest BCUT2D eigenvalue weighted by atomic mass is 9.89. The summed E-state index contributed by atoms with van der Waals surface area (Å²) in [5.41, 5.74) is 1.33. The quantitative estimate of drug-likeness (QED) is 0.211. The summed E-state index contributed by atoms with van der Waals surface area (Å²) in [5.74, 6) is -0.0881. The molecule has 0 radical (unpaired) electrons. The molecule has 6 N–H and O–H groups in total. The SMILES string of the molecule is COc1cc(C(O)C(CO)Oc2ccc(C(O)C(CO)c3ccc(O)c(OC)c3)cc2OC)ccc1O. The summed E-state index contributed by atoms with van der Waals surface area (Å²) in [5, 5.41) is 61.4. The van der Waals surface area contributed by atoms with E-state index in [1.54, 1.807) is 18.2 Å². The Morgan fingerprint density at radius 3 is 1.62 bits per heavy atom. The van der Waals surface area contributed by atoms with Crippen LogP contribution in [0.25, 0.3) is 0 Å². The fraction of sp³-hybridized carbons (Fsp3) is 0.333. The molecule has 4 unspecified atom stereocenters. The zero-order chi connectivity index (χ0) is 27.1. The fourth-order valence-corrected chi connectivity index (χ4v) is 3.97. The van der Waals surface area contributed by atoms with Gasteiger partial charge in [0.2, 0.25) is 0 Å². The minimum Gasteiger partial charge on any atom is -0.504 e. The summed E-state index contributed by atoms with van der Waals surface area (Å²) in [6.07, 6.45) is -3.50. The number of aliphatic hydroxyl groups is 4. The highest BCUT2D eigenvalue weighted by atomic mass is 16.5. The van der Waals surface area contributed by atoms with Crippen molar-refractivity contribution in [1.82, 2.24) is 0 Å². The molecule has 10 heteroatoms. The van der Waals surface area contributed by atoms with Crippen LogP contribution >= 0.6 is 0 Å². The topological polar surface area (TPSA) is 158 Å². The molecule has 0 bridgehead atoms. The molecule has 4 atom stereocenters. The molecular weight excluding hydrogens is 484 g/mol. The third-order valence-corrected chi connectivity index (χ3v) is 6.09. The molecule has 37 heavy (non-hydrogen) atoms. The maximum absolute atomic E-state index is 11.0. The van der Waals surface area contributed by atoms with E-state index in [9.17, 15) is 30.6 Å². The lowest BCUT2D eigenvalue weighted by molar-refractivity contribution is -0.000581. The van der Waals surface area contributed by atoms with Crippen LogP contribution in [0.1, 0.15) is 34.8 Å². The number of rotatable bonds is 12. The molecule has 10 nitrogen and oxygen atoms in total. The Bertz CT molecular complexity index is 1180. The Balaban J connectivity index is 1.85. The second kappa shape index (κ2) is 12.5. The summed E-state index contributed by atoms with van der Waals surface area (Å²) in [6.45, 7) is -0.919. The third kappa shape index (κ3) is 6.17. The van der Waals surface area contributed by atoms with Gasteiger partial charge in [-0.2, -0.15) is 0 Å². The normalized spacial score (nSPS) is 14.4. The van der Waals surface area contributed by atoms with Crippen LogP contribution in [0.4, 0.5) is 0 Å². The van der Waals surface area contributed by atoms with Crippen LogP contribution in [0.5, 0.6) is 34.5 Å². The molecule has 200 valence electrons. The van der Waals surface area contributed by atoms with Gasteiger partial charge in [0.25, 0.3) is 0 Å². The van der Waals surface area contributed by atoms with Gasteiger partial charge in [0, 0.05) is 5.92 Å². The number of benzene rings is 3.